The second kappa shape index (κ2) is 6.95. The maximum Gasteiger partial charge on any atom is 0.133 e. The van der Waals surface area contributed by atoms with Crippen molar-refractivity contribution >= 4 is 0 Å². The maximum absolute atomic E-state index is 13.8. The summed E-state index contributed by atoms with van der Waals surface area (Å²) in [6, 6.07) is 9.67. The SMILES string of the molecule is COc1ccc(COc2ccc(OC)cc2CO)c(F)c1. The molecule has 0 saturated heterocycles. The van der Waals surface area contributed by atoms with Crippen LogP contribution in [0, 0.1) is 5.82 Å². The van der Waals surface area contributed by atoms with Crippen LogP contribution < -0.4 is 14.2 Å². The molecule has 0 amide bonds. The fourth-order valence-corrected chi connectivity index (χ4v) is 1.87. The van der Waals surface area contributed by atoms with E-state index in [9.17, 15) is 9.50 Å². The largest absolute Gasteiger partial charge is 0.497 e. The average molecular weight is 292 g/mol. The highest BCUT2D eigenvalue weighted by molar-refractivity contribution is 5.40. The third-order valence-corrected chi connectivity index (χ3v) is 3.08. The molecule has 2 rings (SSSR count). The van der Waals surface area contributed by atoms with E-state index in [-0.39, 0.29) is 13.2 Å². The van der Waals surface area contributed by atoms with Gasteiger partial charge in [-0.25, -0.2) is 4.39 Å². The highest BCUT2D eigenvalue weighted by atomic mass is 19.1. The predicted molar refractivity (Wildman–Crippen MR) is 76.2 cm³/mol. The van der Waals surface area contributed by atoms with Crippen LogP contribution in [0.1, 0.15) is 11.1 Å². The molecule has 1 N–H and O–H groups in total. The number of hydrogen-bond donors (Lipinski definition) is 1. The first-order valence-corrected chi connectivity index (χ1v) is 6.41. The first-order chi connectivity index (χ1) is 10.2. The van der Waals surface area contributed by atoms with Crippen molar-refractivity contribution in [3.8, 4) is 17.2 Å². The highest BCUT2D eigenvalue weighted by Crippen LogP contribution is 2.25. The molecule has 5 heteroatoms. The van der Waals surface area contributed by atoms with Crippen LogP contribution in [0.2, 0.25) is 0 Å². The molecule has 0 aliphatic heterocycles. The molecule has 0 unspecified atom stereocenters. The van der Waals surface area contributed by atoms with Crippen LogP contribution >= 0.6 is 0 Å². The van der Waals surface area contributed by atoms with Gasteiger partial charge in [-0.3, -0.25) is 0 Å². The molecule has 0 saturated carbocycles. The lowest BCUT2D eigenvalue weighted by Crippen LogP contribution is -2.01. The number of rotatable bonds is 6. The van der Waals surface area contributed by atoms with Crippen molar-refractivity contribution in [2.24, 2.45) is 0 Å². The Hall–Kier alpha value is -2.27. The normalized spacial score (nSPS) is 10.3. The number of ether oxygens (including phenoxy) is 3. The fraction of sp³-hybridized carbons (Fsp3) is 0.250. The van der Waals surface area contributed by atoms with Gasteiger partial charge in [0, 0.05) is 17.2 Å². The summed E-state index contributed by atoms with van der Waals surface area (Å²) in [6.45, 7) is -0.118. The van der Waals surface area contributed by atoms with Gasteiger partial charge < -0.3 is 19.3 Å². The monoisotopic (exact) mass is 292 g/mol. The molecule has 0 bridgehead atoms. The Morgan fingerprint density at radius 3 is 2.24 bits per heavy atom. The molecule has 0 aliphatic rings. The van der Waals surface area contributed by atoms with Gasteiger partial charge >= 0.3 is 0 Å². The summed E-state index contributed by atoms with van der Waals surface area (Å²) in [7, 11) is 3.03. The smallest absolute Gasteiger partial charge is 0.133 e. The molecular weight excluding hydrogens is 275 g/mol. The lowest BCUT2D eigenvalue weighted by atomic mass is 10.2. The Morgan fingerprint density at radius 2 is 1.62 bits per heavy atom. The summed E-state index contributed by atoms with van der Waals surface area (Å²) in [6.07, 6.45) is 0. The summed E-state index contributed by atoms with van der Waals surface area (Å²) in [5, 5.41) is 9.33. The van der Waals surface area contributed by atoms with Gasteiger partial charge in [0.1, 0.15) is 29.7 Å². The number of hydrogen-bond acceptors (Lipinski definition) is 4. The van der Waals surface area contributed by atoms with E-state index in [0.717, 1.165) is 0 Å². The summed E-state index contributed by atoms with van der Waals surface area (Å²) in [4.78, 5) is 0. The number of aliphatic hydroxyl groups excluding tert-OH is 1. The third-order valence-electron chi connectivity index (χ3n) is 3.08. The molecule has 4 nitrogen and oxygen atoms in total. The van der Waals surface area contributed by atoms with Gasteiger partial charge in [0.05, 0.1) is 20.8 Å². The summed E-state index contributed by atoms with van der Waals surface area (Å²) >= 11 is 0. The Morgan fingerprint density at radius 1 is 0.952 bits per heavy atom. The van der Waals surface area contributed by atoms with Gasteiger partial charge in [-0.05, 0) is 30.3 Å². The van der Waals surface area contributed by atoms with Gasteiger partial charge in [0.2, 0.25) is 0 Å². The quantitative estimate of drug-likeness (QED) is 0.889. The first-order valence-electron chi connectivity index (χ1n) is 6.41. The highest BCUT2D eigenvalue weighted by Gasteiger charge is 2.08. The molecule has 2 aromatic rings. The zero-order valence-corrected chi connectivity index (χ0v) is 11.9. The second-order valence-corrected chi connectivity index (χ2v) is 4.38. The fourth-order valence-electron chi connectivity index (χ4n) is 1.87. The number of halogens is 1. The summed E-state index contributed by atoms with van der Waals surface area (Å²) in [5.74, 6) is 1.18. The lowest BCUT2D eigenvalue weighted by Gasteiger charge is -2.12. The standard InChI is InChI=1S/C16H17FO4/c1-19-13-5-6-16(12(7-13)9-18)21-10-11-3-4-14(20-2)8-15(11)17/h3-8,18H,9-10H2,1-2H3. The topological polar surface area (TPSA) is 47.9 Å². The molecule has 0 fully saturated rings. The van der Waals surface area contributed by atoms with Crippen molar-refractivity contribution in [1.82, 2.24) is 0 Å². The van der Waals surface area contributed by atoms with Gasteiger partial charge in [-0.15, -0.1) is 0 Å². The van der Waals surface area contributed by atoms with Crippen molar-refractivity contribution in [2.75, 3.05) is 14.2 Å². The third kappa shape index (κ3) is 3.64. The van der Waals surface area contributed by atoms with Gasteiger partial charge in [-0.1, -0.05) is 0 Å². The van der Waals surface area contributed by atoms with Crippen molar-refractivity contribution in [1.29, 1.82) is 0 Å². The Bertz CT molecular complexity index is 613. The van der Waals surface area contributed by atoms with Gasteiger partial charge in [0.15, 0.2) is 0 Å². The summed E-state index contributed by atoms with van der Waals surface area (Å²) in [5.41, 5.74) is 0.999. The molecule has 0 radical (unpaired) electrons. The predicted octanol–water partition coefficient (Wildman–Crippen LogP) is 2.91. The van der Waals surface area contributed by atoms with E-state index in [0.29, 0.717) is 28.4 Å². The molecule has 0 aromatic heterocycles. The van der Waals surface area contributed by atoms with E-state index in [4.69, 9.17) is 14.2 Å². The zero-order valence-electron chi connectivity index (χ0n) is 11.9. The molecular formula is C16H17FO4. The van der Waals surface area contributed by atoms with E-state index in [1.807, 2.05) is 0 Å². The molecule has 0 heterocycles. The zero-order chi connectivity index (χ0) is 15.2. The number of aliphatic hydroxyl groups is 1. The maximum atomic E-state index is 13.8. The minimum absolute atomic E-state index is 0.0646. The van der Waals surface area contributed by atoms with E-state index >= 15 is 0 Å². The van der Waals surface area contributed by atoms with Crippen LogP contribution in [0.25, 0.3) is 0 Å². The Balaban J connectivity index is 2.12. The van der Waals surface area contributed by atoms with Crippen molar-refractivity contribution in [3.63, 3.8) is 0 Å². The van der Waals surface area contributed by atoms with Gasteiger partial charge in [0.25, 0.3) is 0 Å². The van der Waals surface area contributed by atoms with E-state index in [1.54, 1.807) is 37.4 Å². The minimum atomic E-state index is -0.395. The number of benzene rings is 2. The van der Waals surface area contributed by atoms with Crippen LogP contribution in [-0.2, 0) is 13.2 Å². The molecule has 0 spiro atoms. The molecule has 21 heavy (non-hydrogen) atoms. The minimum Gasteiger partial charge on any atom is -0.497 e. The van der Waals surface area contributed by atoms with Crippen LogP contribution in [0.15, 0.2) is 36.4 Å². The number of methoxy groups -OCH3 is 2. The molecule has 112 valence electrons. The van der Waals surface area contributed by atoms with E-state index in [1.165, 1.54) is 13.2 Å². The average Bonchev–Trinajstić information content (AvgIpc) is 2.53. The second-order valence-electron chi connectivity index (χ2n) is 4.38. The molecule has 0 atom stereocenters. The Kier molecular flexibility index (Phi) is 5.00. The van der Waals surface area contributed by atoms with Gasteiger partial charge in [-0.2, -0.15) is 0 Å². The van der Waals surface area contributed by atoms with E-state index in [2.05, 4.69) is 0 Å². The first kappa shape index (κ1) is 15.1. The van der Waals surface area contributed by atoms with Crippen LogP contribution in [0.5, 0.6) is 17.2 Å². The van der Waals surface area contributed by atoms with Crippen LogP contribution in [0.4, 0.5) is 4.39 Å². The van der Waals surface area contributed by atoms with Crippen molar-refractivity contribution in [2.45, 2.75) is 13.2 Å². The Labute approximate surface area is 122 Å². The molecule has 2 aromatic carbocycles. The van der Waals surface area contributed by atoms with Crippen molar-refractivity contribution < 1.29 is 23.7 Å². The van der Waals surface area contributed by atoms with Crippen LogP contribution in [-0.4, -0.2) is 19.3 Å². The molecule has 0 aliphatic carbocycles. The van der Waals surface area contributed by atoms with E-state index < -0.39 is 5.82 Å². The summed E-state index contributed by atoms with van der Waals surface area (Å²) < 4.78 is 29.4. The van der Waals surface area contributed by atoms with Crippen molar-refractivity contribution in [3.05, 3.63) is 53.3 Å². The lowest BCUT2D eigenvalue weighted by molar-refractivity contribution is 0.256. The van der Waals surface area contributed by atoms with Crippen LogP contribution in [0.3, 0.4) is 0 Å².